The molecule has 182 valence electrons. The zero-order valence-electron chi connectivity index (χ0n) is 20.0. The van der Waals surface area contributed by atoms with Gasteiger partial charge in [0.05, 0.1) is 17.2 Å². The molecule has 10 heteroatoms. The van der Waals surface area contributed by atoms with Gasteiger partial charge in [-0.1, -0.05) is 29.8 Å². The number of benzene rings is 2. The standard InChI is InChI=1S/C25H27N5O4S/c1-16-5-11-21(12-6-16)35(32,33)29-25(31)34-14-13-19-7-9-20(10-8-19)30-23-22(28-24(30)26-4)17(2)15-18(3)27-23/h5-12,15H,13-14H2,1-4H3,(H,26,28)(H,29,31). The monoisotopic (exact) mass is 493 g/mol. The van der Waals surface area contributed by atoms with Crippen LogP contribution in [0.3, 0.4) is 0 Å². The molecule has 2 aromatic heterocycles. The van der Waals surface area contributed by atoms with E-state index in [2.05, 4.69) is 15.3 Å². The highest BCUT2D eigenvalue weighted by atomic mass is 32.2. The molecule has 0 radical (unpaired) electrons. The van der Waals surface area contributed by atoms with Crippen LogP contribution in [0.1, 0.15) is 22.4 Å². The lowest BCUT2D eigenvalue weighted by molar-refractivity contribution is 0.154. The van der Waals surface area contributed by atoms with Crippen LogP contribution >= 0.6 is 0 Å². The Bertz CT molecular complexity index is 1480. The second-order valence-corrected chi connectivity index (χ2v) is 9.93. The minimum absolute atomic E-state index is 0.00322. The van der Waals surface area contributed by atoms with E-state index in [0.29, 0.717) is 12.4 Å². The molecule has 1 amide bonds. The first kappa shape index (κ1) is 24.2. The average molecular weight is 494 g/mol. The third kappa shape index (κ3) is 5.27. The number of fused-ring (bicyclic) bond motifs is 1. The number of aryl methyl sites for hydroxylation is 3. The van der Waals surface area contributed by atoms with Crippen molar-refractivity contribution in [1.29, 1.82) is 0 Å². The summed E-state index contributed by atoms with van der Waals surface area (Å²) in [6.07, 6.45) is -0.583. The quantitative estimate of drug-likeness (QED) is 0.399. The van der Waals surface area contributed by atoms with Crippen LogP contribution in [0.5, 0.6) is 0 Å². The summed E-state index contributed by atoms with van der Waals surface area (Å²) in [4.78, 5) is 21.4. The van der Waals surface area contributed by atoms with Crippen molar-refractivity contribution in [1.82, 2.24) is 19.3 Å². The number of rotatable bonds is 7. The summed E-state index contributed by atoms with van der Waals surface area (Å²) >= 11 is 0. The number of hydrogen-bond donors (Lipinski definition) is 2. The van der Waals surface area contributed by atoms with E-state index in [4.69, 9.17) is 4.74 Å². The SMILES string of the molecule is CNc1nc2c(C)cc(C)nc2n1-c1ccc(CCOC(=O)NS(=O)(=O)c2ccc(C)cc2)cc1. The molecule has 4 aromatic rings. The first-order valence-electron chi connectivity index (χ1n) is 11.1. The largest absolute Gasteiger partial charge is 0.448 e. The lowest BCUT2D eigenvalue weighted by Gasteiger charge is -2.10. The van der Waals surface area contributed by atoms with Gasteiger partial charge < -0.3 is 10.1 Å². The Kier molecular flexibility index (Phi) is 6.74. The summed E-state index contributed by atoms with van der Waals surface area (Å²) in [5, 5.41) is 3.12. The van der Waals surface area contributed by atoms with Crippen LogP contribution in [0.2, 0.25) is 0 Å². The van der Waals surface area contributed by atoms with Crippen LogP contribution in [0.15, 0.2) is 59.5 Å². The van der Waals surface area contributed by atoms with E-state index in [1.807, 2.05) is 67.4 Å². The predicted octanol–water partition coefficient (Wildman–Crippen LogP) is 4.05. The summed E-state index contributed by atoms with van der Waals surface area (Å²) in [7, 11) is -2.16. The topological polar surface area (TPSA) is 115 Å². The molecule has 0 aliphatic rings. The van der Waals surface area contributed by atoms with E-state index in [1.54, 1.807) is 12.1 Å². The van der Waals surface area contributed by atoms with Crippen LogP contribution in [-0.4, -0.2) is 42.7 Å². The molecule has 4 rings (SSSR count). The molecule has 0 spiro atoms. The highest BCUT2D eigenvalue weighted by molar-refractivity contribution is 7.90. The van der Waals surface area contributed by atoms with Crippen LogP contribution in [0, 0.1) is 20.8 Å². The van der Waals surface area contributed by atoms with Crippen LogP contribution in [-0.2, 0) is 21.2 Å². The van der Waals surface area contributed by atoms with E-state index in [1.165, 1.54) is 12.1 Å². The third-order valence-electron chi connectivity index (χ3n) is 5.53. The van der Waals surface area contributed by atoms with Gasteiger partial charge in [-0.2, -0.15) is 0 Å². The van der Waals surface area contributed by atoms with Gasteiger partial charge in [-0.25, -0.2) is 27.9 Å². The first-order valence-corrected chi connectivity index (χ1v) is 12.6. The number of ether oxygens (including phenoxy) is 1. The van der Waals surface area contributed by atoms with Gasteiger partial charge in [0.25, 0.3) is 10.0 Å². The van der Waals surface area contributed by atoms with Crippen molar-refractivity contribution in [2.45, 2.75) is 32.1 Å². The van der Waals surface area contributed by atoms with Gasteiger partial charge in [-0.05, 0) is 62.2 Å². The van der Waals surface area contributed by atoms with E-state index in [9.17, 15) is 13.2 Å². The zero-order chi connectivity index (χ0) is 25.2. The molecule has 2 aromatic carbocycles. The number of imidazole rings is 1. The second kappa shape index (κ2) is 9.75. The zero-order valence-corrected chi connectivity index (χ0v) is 20.8. The van der Waals surface area contributed by atoms with Gasteiger partial charge in [0.15, 0.2) is 5.65 Å². The number of hydrogen-bond acceptors (Lipinski definition) is 7. The molecule has 0 aliphatic carbocycles. The Morgan fingerprint density at radius 1 is 1.00 bits per heavy atom. The van der Waals surface area contributed by atoms with E-state index in [0.717, 1.165) is 39.2 Å². The highest BCUT2D eigenvalue weighted by Gasteiger charge is 2.18. The van der Waals surface area contributed by atoms with Crippen molar-refractivity contribution in [3.05, 3.63) is 77.0 Å². The molecule has 0 atom stereocenters. The summed E-state index contributed by atoms with van der Waals surface area (Å²) in [5.41, 5.74) is 6.31. The number of pyridine rings is 1. The molecular weight excluding hydrogens is 466 g/mol. The maximum Gasteiger partial charge on any atom is 0.421 e. The number of carbonyl (C=O) groups is 1. The molecule has 0 bridgehead atoms. The fraction of sp³-hybridized carbons (Fsp3) is 0.240. The number of amides is 1. The number of nitrogens with one attached hydrogen (secondary N) is 2. The Labute approximate surface area is 204 Å². The Balaban J connectivity index is 1.41. The summed E-state index contributed by atoms with van der Waals surface area (Å²) in [6.45, 7) is 5.85. The van der Waals surface area contributed by atoms with Gasteiger partial charge in [-0.15, -0.1) is 0 Å². The molecule has 2 N–H and O–H groups in total. The molecule has 0 saturated heterocycles. The van der Waals surface area contributed by atoms with Crippen molar-refractivity contribution in [3.8, 4) is 5.69 Å². The molecular formula is C25H27N5O4S. The Morgan fingerprint density at radius 2 is 1.69 bits per heavy atom. The van der Waals surface area contributed by atoms with Gasteiger partial charge >= 0.3 is 6.09 Å². The minimum Gasteiger partial charge on any atom is -0.448 e. The van der Waals surface area contributed by atoms with E-state index in [-0.39, 0.29) is 11.5 Å². The van der Waals surface area contributed by atoms with Crippen molar-refractivity contribution in [2.24, 2.45) is 0 Å². The summed E-state index contributed by atoms with van der Waals surface area (Å²) in [6, 6.07) is 15.9. The lowest BCUT2D eigenvalue weighted by Crippen LogP contribution is -2.31. The molecule has 35 heavy (non-hydrogen) atoms. The first-order chi connectivity index (χ1) is 16.7. The van der Waals surface area contributed by atoms with Crippen molar-refractivity contribution in [3.63, 3.8) is 0 Å². The van der Waals surface area contributed by atoms with Gasteiger partial charge in [0, 0.05) is 19.2 Å². The predicted molar refractivity (Wildman–Crippen MR) is 134 cm³/mol. The molecule has 2 heterocycles. The van der Waals surface area contributed by atoms with Crippen molar-refractivity contribution in [2.75, 3.05) is 19.0 Å². The van der Waals surface area contributed by atoms with Crippen LogP contribution < -0.4 is 10.0 Å². The fourth-order valence-electron chi connectivity index (χ4n) is 3.76. The lowest BCUT2D eigenvalue weighted by atomic mass is 10.1. The Hall–Kier alpha value is -3.92. The highest BCUT2D eigenvalue weighted by Crippen LogP contribution is 2.26. The maximum absolute atomic E-state index is 12.3. The number of carbonyl (C=O) groups excluding carboxylic acids is 1. The average Bonchev–Trinajstić information content (AvgIpc) is 3.18. The third-order valence-corrected chi connectivity index (χ3v) is 6.85. The van der Waals surface area contributed by atoms with Crippen molar-refractivity contribution >= 4 is 33.2 Å². The number of sulfonamides is 1. The van der Waals surface area contributed by atoms with E-state index >= 15 is 0 Å². The maximum atomic E-state index is 12.3. The fourth-order valence-corrected chi connectivity index (χ4v) is 4.65. The van der Waals surface area contributed by atoms with Crippen LogP contribution in [0.25, 0.3) is 16.9 Å². The molecule has 9 nitrogen and oxygen atoms in total. The normalized spacial score (nSPS) is 11.4. The summed E-state index contributed by atoms with van der Waals surface area (Å²) in [5.74, 6) is 0.684. The van der Waals surface area contributed by atoms with Gasteiger partial charge in [0.2, 0.25) is 5.95 Å². The number of nitrogens with zero attached hydrogens (tertiary/aromatic N) is 3. The molecule has 0 fully saturated rings. The summed E-state index contributed by atoms with van der Waals surface area (Å²) < 4.78 is 33.6. The second-order valence-electron chi connectivity index (χ2n) is 8.24. The van der Waals surface area contributed by atoms with Crippen molar-refractivity contribution < 1.29 is 17.9 Å². The minimum atomic E-state index is -3.98. The molecule has 0 saturated carbocycles. The molecule has 0 aliphatic heterocycles. The number of anilines is 1. The van der Waals surface area contributed by atoms with Crippen LogP contribution in [0.4, 0.5) is 10.7 Å². The van der Waals surface area contributed by atoms with Gasteiger partial charge in [0.1, 0.15) is 5.52 Å². The van der Waals surface area contributed by atoms with Gasteiger partial charge in [-0.3, -0.25) is 4.57 Å². The Morgan fingerprint density at radius 3 is 2.34 bits per heavy atom. The molecule has 0 unspecified atom stereocenters. The smallest absolute Gasteiger partial charge is 0.421 e. The number of aromatic nitrogens is 3. The van der Waals surface area contributed by atoms with E-state index < -0.39 is 16.1 Å².